The number of sulfonamides is 1. The lowest BCUT2D eigenvalue weighted by atomic mass is 10.1. The number of hydrogen-bond donors (Lipinski definition) is 1. The van der Waals surface area contributed by atoms with Gasteiger partial charge in [0.15, 0.2) is 0 Å². The minimum atomic E-state index is -3.78. The van der Waals surface area contributed by atoms with Crippen molar-refractivity contribution >= 4 is 27.5 Å². The topological polar surface area (TPSA) is 96.0 Å². The van der Waals surface area contributed by atoms with Crippen LogP contribution < -0.4 is 14.4 Å². The van der Waals surface area contributed by atoms with Crippen LogP contribution in [0.25, 0.3) is 0 Å². The molecule has 0 spiro atoms. The third-order valence-electron chi connectivity index (χ3n) is 6.36. The van der Waals surface area contributed by atoms with E-state index in [1.54, 1.807) is 31.2 Å². The van der Waals surface area contributed by atoms with Crippen molar-refractivity contribution in [1.29, 1.82) is 0 Å². The van der Waals surface area contributed by atoms with E-state index in [-0.39, 0.29) is 18.5 Å². The molecule has 0 radical (unpaired) electrons. The van der Waals surface area contributed by atoms with Gasteiger partial charge >= 0.3 is 0 Å². The first-order valence-electron chi connectivity index (χ1n) is 11.9. The Morgan fingerprint density at radius 1 is 1.11 bits per heavy atom. The van der Waals surface area contributed by atoms with Gasteiger partial charge < -0.3 is 15.0 Å². The van der Waals surface area contributed by atoms with Gasteiger partial charge in [-0.1, -0.05) is 48.7 Å². The van der Waals surface area contributed by atoms with Gasteiger partial charge in [-0.25, -0.2) is 8.42 Å². The lowest BCUT2D eigenvalue weighted by molar-refractivity contribution is -0.139. The molecule has 0 bridgehead atoms. The molecule has 0 aliphatic heterocycles. The van der Waals surface area contributed by atoms with E-state index in [0.29, 0.717) is 11.4 Å². The quantitative estimate of drug-likeness (QED) is 0.539. The molecule has 0 unspecified atom stereocenters. The normalized spacial score (nSPS) is 14.9. The van der Waals surface area contributed by atoms with Crippen LogP contribution in [0.3, 0.4) is 0 Å². The number of hydrogen-bond acceptors (Lipinski definition) is 5. The molecule has 9 heteroatoms. The Hall–Kier alpha value is -3.07. The highest BCUT2D eigenvalue weighted by atomic mass is 32.2. The number of nitrogens with zero attached hydrogens (tertiary/aromatic N) is 2. The lowest BCUT2D eigenvalue weighted by Crippen LogP contribution is -2.52. The molecular formula is C26H35N3O5S. The van der Waals surface area contributed by atoms with Gasteiger partial charge in [-0.05, 0) is 44.4 Å². The lowest BCUT2D eigenvalue weighted by Gasteiger charge is -2.32. The molecule has 1 aliphatic carbocycles. The van der Waals surface area contributed by atoms with Gasteiger partial charge in [-0.15, -0.1) is 0 Å². The minimum absolute atomic E-state index is 0.116. The van der Waals surface area contributed by atoms with E-state index in [0.717, 1.165) is 47.4 Å². The number of methoxy groups -OCH3 is 1. The minimum Gasteiger partial charge on any atom is -0.497 e. The number of amides is 2. The number of benzene rings is 2. The summed E-state index contributed by atoms with van der Waals surface area (Å²) in [6.07, 6.45) is 5.08. The molecule has 1 fully saturated rings. The van der Waals surface area contributed by atoms with E-state index in [4.69, 9.17) is 4.74 Å². The van der Waals surface area contributed by atoms with E-state index in [1.807, 2.05) is 31.2 Å². The molecule has 35 heavy (non-hydrogen) atoms. The molecule has 8 nitrogen and oxygen atoms in total. The van der Waals surface area contributed by atoms with Crippen molar-refractivity contribution in [2.75, 3.05) is 24.2 Å². The highest BCUT2D eigenvalue weighted by molar-refractivity contribution is 7.92. The molecule has 0 heterocycles. The van der Waals surface area contributed by atoms with Gasteiger partial charge in [-0.3, -0.25) is 13.9 Å². The molecule has 2 aromatic rings. The number of carbonyl (C=O) groups excluding carboxylic acids is 2. The zero-order chi connectivity index (χ0) is 25.6. The van der Waals surface area contributed by atoms with Gasteiger partial charge in [0, 0.05) is 18.7 Å². The molecule has 0 saturated heterocycles. The Kier molecular flexibility index (Phi) is 8.77. The Morgan fingerprint density at radius 2 is 1.77 bits per heavy atom. The fourth-order valence-electron chi connectivity index (χ4n) is 4.24. The molecular weight excluding hydrogens is 466 g/mol. The maximum atomic E-state index is 13.6. The first-order valence-corrected chi connectivity index (χ1v) is 13.7. The standard InChI is InChI=1S/C26H35N3O5S/c1-19-12-14-21(15-13-19)17-28(20(2)26(31)27-22-8-5-6-9-22)25(30)18-29(35(4,32)33)23-10-7-11-24(16-23)34-3/h7,10-16,20,22H,5-6,8-9,17-18H2,1-4H3,(H,27,31)/t20-/m1/s1. The van der Waals surface area contributed by atoms with Crippen LogP contribution in [0, 0.1) is 6.92 Å². The van der Waals surface area contributed by atoms with Crippen LogP contribution >= 0.6 is 0 Å². The van der Waals surface area contributed by atoms with Gasteiger partial charge in [0.2, 0.25) is 21.8 Å². The molecule has 1 atom stereocenters. The number of nitrogens with one attached hydrogen (secondary N) is 1. The van der Waals surface area contributed by atoms with E-state index in [9.17, 15) is 18.0 Å². The molecule has 3 rings (SSSR count). The Bertz CT molecular complexity index is 1130. The number of rotatable bonds is 10. The molecule has 1 N–H and O–H groups in total. The zero-order valence-electron chi connectivity index (χ0n) is 20.9. The molecule has 1 saturated carbocycles. The van der Waals surface area contributed by atoms with Crippen molar-refractivity contribution in [3.05, 3.63) is 59.7 Å². The number of ether oxygens (including phenoxy) is 1. The van der Waals surface area contributed by atoms with Crippen LogP contribution in [0.2, 0.25) is 0 Å². The van der Waals surface area contributed by atoms with Crippen LogP contribution in [0.5, 0.6) is 5.75 Å². The summed E-state index contributed by atoms with van der Waals surface area (Å²) in [7, 11) is -2.30. The third-order valence-corrected chi connectivity index (χ3v) is 7.50. The van der Waals surface area contributed by atoms with Gasteiger partial charge in [-0.2, -0.15) is 0 Å². The van der Waals surface area contributed by atoms with Gasteiger partial charge in [0.1, 0.15) is 18.3 Å². The maximum absolute atomic E-state index is 13.6. The van der Waals surface area contributed by atoms with Crippen LogP contribution in [0.4, 0.5) is 5.69 Å². The van der Waals surface area contributed by atoms with Crippen molar-refractivity contribution in [3.63, 3.8) is 0 Å². The second kappa shape index (κ2) is 11.6. The second-order valence-corrected chi connectivity index (χ2v) is 11.1. The summed E-state index contributed by atoms with van der Waals surface area (Å²) < 4.78 is 31.6. The van der Waals surface area contributed by atoms with E-state index in [1.165, 1.54) is 12.0 Å². The average molecular weight is 502 g/mol. The molecule has 190 valence electrons. The molecule has 2 aromatic carbocycles. The van der Waals surface area contributed by atoms with Crippen molar-refractivity contribution in [2.45, 2.75) is 58.2 Å². The number of carbonyl (C=O) groups is 2. The predicted molar refractivity (Wildman–Crippen MR) is 137 cm³/mol. The zero-order valence-corrected chi connectivity index (χ0v) is 21.7. The largest absolute Gasteiger partial charge is 0.497 e. The third kappa shape index (κ3) is 7.21. The average Bonchev–Trinajstić information content (AvgIpc) is 3.33. The van der Waals surface area contributed by atoms with Crippen LogP contribution in [-0.2, 0) is 26.2 Å². The number of aryl methyl sites for hydroxylation is 1. The van der Waals surface area contributed by atoms with Crippen molar-refractivity contribution in [3.8, 4) is 5.75 Å². The highest BCUT2D eigenvalue weighted by Crippen LogP contribution is 2.24. The smallest absolute Gasteiger partial charge is 0.244 e. The summed E-state index contributed by atoms with van der Waals surface area (Å²) in [6.45, 7) is 3.42. The van der Waals surface area contributed by atoms with Gasteiger partial charge in [0.05, 0.1) is 19.1 Å². The monoisotopic (exact) mass is 501 g/mol. The summed E-state index contributed by atoms with van der Waals surface area (Å²) in [5.74, 6) is -0.220. The van der Waals surface area contributed by atoms with Crippen LogP contribution in [0.15, 0.2) is 48.5 Å². The SMILES string of the molecule is COc1cccc(N(CC(=O)N(Cc2ccc(C)cc2)[C@H](C)C(=O)NC2CCCC2)S(C)(=O)=O)c1. The van der Waals surface area contributed by atoms with Crippen molar-refractivity contribution in [2.24, 2.45) is 0 Å². The molecule has 0 aromatic heterocycles. The van der Waals surface area contributed by atoms with Crippen LogP contribution in [0.1, 0.15) is 43.7 Å². The summed E-state index contributed by atoms with van der Waals surface area (Å²) >= 11 is 0. The Labute approximate surface area is 208 Å². The Morgan fingerprint density at radius 3 is 2.37 bits per heavy atom. The van der Waals surface area contributed by atoms with E-state index in [2.05, 4.69) is 5.32 Å². The fraction of sp³-hybridized carbons (Fsp3) is 0.462. The first kappa shape index (κ1) is 26.5. The summed E-state index contributed by atoms with van der Waals surface area (Å²) in [5, 5.41) is 3.06. The molecule has 2 amide bonds. The second-order valence-electron chi connectivity index (χ2n) is 9.14. The number of anilines is 1. The Balaban J connectivity index is 1.88. The van der Waals surface area contributed by atoms with Crippen molar-refractivity contribution < 1.29 is 22.7 Å². The fourth-order valence-corrected chi connectivity index (χ4v) is 5.09. The van der Waals surface area contributed by atoms with Crippen LogP contribution in [-0.4, -0.2) is 57.1 Å². The maximum Gasteiger partial charge on any atom is 0.244 e. The van der Waals surface area contributed by atoms with Gasteiger partial charge in [0.25, 0.3) is 0 Å². The first-order chi connectivity index (χ1) is 16.6. The van der Waals surface area contributed by atoms with E-state index < -0.39 is 28.5 Å². The highest BCUT2D eigenvalue weighted by Gasteiger charge is 2.31. The summed E-state index contributed by atoms with van der Waals surface area (Å²) in [4.78, 5) is 28.1. The summed E-state index contributed by atoms with van der Waals surface area (Å²) in [5.41, 5.74) is 2.26. The van der Waals surface area contributed by atoms with E-state index >= 15 is 0 Å². The molecule has 1 aliphatic rings. The summed E-state index contributed by atoms with van der Waals surface area (Å²) in [6, 6.07) is 13.6. The predicted octanol–water partition coefficient (Wildman–Crippen LogP) is 3.25. The van der Waals surface area contributed by atoms with Crippen molar-refractivity contribution in [1.82, 2.24) is 10.2 Å².